The van der Waals surface area contributed by atoms with Gasteiger partial charge < -0.3 is 17.2 Å². The van der Waals surface area contributed by atoms with E-state index in [0.717, 1.165) is 0 Å². The van der Waals surface area contributed by atoms with Gasteiger partial charge in [0.15, 0.2) is 0 Å². The third-order valence-electron chi connectivity index (χ3n) is 0.431. The molecule has 0 fully saturated rings. The minimum absolute atomic E-state index is 0. The largest absolute Gasteiger partial charge is 0.414 e. The van der Waals surface area contributed by atoms with Gasteiger partial charge in [-0.3, -0.25) is 0 Å². The van der Waals surface area contributed by atoms with Gasteiger partial charge >= 0.3 is 0 Å². The molecule has 2 nitrogen and oxygen atoms in total. The van der Waals surface area contributed by atoms with Crippen molar-refractivity contribution >= 4 is 23.2 Å². The van der Waals surface area contributed by atoms with Gasteiger partial charge in [-0.05, 0) is 5.75 Å². The molecule has 0 unspecified atom stereocenters. The summed E-state index contributed by atoms with van der Waals surface area (Å²) in [6.07, 6.45) is 0. The van der Waals surface area contributed by atoms with Crippen LogP contribution in [0, 0.1) is 7.43 Å². The van der Waals surface area contributed by atoms with E-state index in [1.165, 1.54) is 11.8 Å². The van der Waals surface area contributed by atoms with Crippen molar-refractivity contribution in [2.45, 2.75) is 0 Å². The average Bonchev–Trinajstić information content (AvgIpc) is 1.86. The molecule has 1 heterocycles. The van der Waals surface area contributed by atoms with Gasteiger partial charge in [-0.15, -0.1) is 5.55 Å². The van der Waals surface area contributed by atoms with Crippen molar-refractivity contribution in [3.05, 3.63) is 7.43 Å². The number of thioether (sulfide) groups is 1. The third-order valence-corrected chi connectivity index (χ3v) is 1.04. The van der Waals surface area contributed by atoms with E-state index in [1.807, 2.05) is 0 Å². The molecular formula is C4H5NOSY-2. The van der Waals surface area contributed by atoms with Gasteiger partial charge in [0.05, 0.1) is 5.91 Å². The van der Waals surface area contributed by atoms with Crippen molar-refractivity contribution in [3.8, 4) is 0 Å². The van der Waals surface area contributed by atoms with Crippen LogP contribution >= 0.6 is 11.8 Å². The van der Waals surface area contributed by atoms with Crippen LogP contribution in [-0.4, -0.2) is 17.2 Å². The number of aliphatic imine (C=N–C) groups is 1. The maximum absolute atomic E-state index is 9.99. The van der Waals surface area contributed by atoms with E-state index in [-0.39, 0.29) is 46.0 Å². The van der Waals surface area contributed by atoms with Crippen LogP contribution in [0.5, 0.6) is 0 Å². The molecule has 4 heteroatoms. The molecule has 0 aromatic rings. The SMILES string of the molecule is O=C1CS[C-]=N1.[CH3-].[Y]. The number of nitrogens with zero attached hydrogens (tertiary/aromatic N) is 1. The molecular weight excluding hydrogens is 199 g/mol. The van der Waals surface area contributed by atoms with Crippen LogP contribution in [0.1, 0.15) is 0 Å². The maximum Gasteiger partial charge on any atom is 0.0958 e. The van der Waals surface area contributed by atoms with Crippen LogP contribution in [0.25, 0.3) is 0 Å². The number of hydrogen-bond donors (Lipinski definition) is 0. The predicted octanol–water partition coefficient (Wildman–Crippen LogP) is 0.613. The number of hydrogen-bond acceptors (Lipinski definition) is 2. The first kappa shape index (κ1) is 11.6. The van der Waals surface area contributed by atoms with E-state index in [9.17, 15) is 4.79 Å². The molecule has 1 aliphatic rings. The van der Waals surface area contributed by atoms with Gasteiger partial charge in [-0.1, -0.05) is 0 Å². The van der Waals surface area contributed by atoms with Gasteiger partial charge in [0.25, 0.3) is 0 Å². The second kappa shape index (κ2) is 5.92. The van der Waals surface area contributed by atoms with Gasteiger partial charge in [0, 0.05) is 32.7 Å². The fraction of sp³-hybridized carbons (Fsp3) is 0.250. The van der Waals surface area contributed by atoms with Crippen molar-refractivity contribution in [1.29, 1.82) is 0 Å². The first-order valence-electron chi connectivity index (χ1n) is 1.50. The van der Waals surface area contributed by atoms with Gasteiger partial charge in [0.1, 0.15) is 0 Å². The summed E-state index contributed by atoms with van der Waals surface area (Å²) in [7, 11) is 0. The quantitative estimate of drug-likeness (QED) is 0.541. The van der Waals surface area contributed by atoms with Gasteiger partial charge in [0.2, 0.25) is 0 Å². The molecule has 0 saturated carbocycles. The molecule has 8 heavy (non-hydrogen) atoms. The molecule has 1 aliphatic heterocycles. The molecule has 1 radical (unpaired) electrons. The summed E-state index contributed by atoms with van der Waals surface area (Å²) in [6, 6.07) is 0. The Morgan fingerprint density at radius 3 is 2.50 bits per heavy atom. The fourth-order valence-electron chi connectivity index (χ4n) is 0.209. The molecule has 0 atom stereocenters. The standard InChI is InChI=1S/C3H2NOS.CH3.Y/c5-3-1-6-2-4-3;;/h1H2;1H3;/q2*-1;. The van der Waals surface area contributed by atoms with Crippen molar-refractivity contribution in [1.82, 2.24) is 0 Å². The van der Waals surface area contributed by atoms with Crippen LogP contribution < -0.4 is 0 Å². The average molecular weight is 204 g/mol. The summed E-state index contributed by atoms with van der Waals surface area (Å²) in [6.45, 7) is 0. The Balaban J connectivity index is 0. The Hall–Kier alpha value is 0.794. The summed E-state index contributed by atoms with van der Waals surface area (Å²) in [4.78, 5) is 13.3. The van der Waals surface area contributed by atoms with Crippen LogP contribution in [0.2, 0.25) is 0 Å². The Morgan fingerprint density at radius 1 is 1.75 bits per heavy atom. The second-order valence-corrected chi connectivity index (χ2v) is 1.65. The molecule has 0 aromatic carbocycles. The number of carbonyl (C=O) groups is 1. The second-order valence-electron chi connectivity index (χ2n) is 0.886. The fourth-order valence-corrected chi connectivity index (χ4v) is 0.628. The smallest absolute Gasteiger partial charge is 0.0958 e. The molecule has 0 aromatic heterocycles. The summed E-state index contributed by atoms with van der Waals surface area (Å²) in [5, 5.41) is 0. The van der Waals surface area contributed by atoms with E-state index < -0.39 is 0 Å². The molecule has 0 N–H and O–H groups in total. The molecule has 0 saturated heterocycles. The molecule has 0 spiro atoms. The molecule has 0 bridgehead atoms. The number of rotatable bonds is 0. The Morgan fingerprint density at radius 2 is 2.38 bits per heavy atom. The molecule has 1 rings (SSSR count). The maximum atomic E-state index is 9.99. The molecule has 1 amide bonds. The Bertz CT molecular complexity index is 104. The zero-order chi connectivity index (χ0) is 4.41. The molecule has 43 valence electrons. The van der Waals surface area contributed by atoms with Crippen LogP contribution in [0.15, 0.2) is 4.99 Å². The van der Waals surface area contributed by atoms with E-state index in [2.05, 4.69) is 10.5 Å². The molecule has 0 aliphatic carbocycles. The van der Waals surface area contributed by atoms with Crippen molar-refractivity contribution in [2.75, 3.05) is 5.75 Å². The minimum atomic E-state index is -0.0694. The third kappa shape index (κ3) is 3.75. The van der Waals surface area contributed by atoms with Crippen LogP contribution in [0.3, 0.4) is 0 Å². The summed E-state index contributed by atoms with van der Waals surface area (Å²) >= 11 is 1.32. The van der Waals surface area contributed by atoms with Crippen LogP contribution in [-0.2, 0) is 37.5 Å². The monoisotopic (exact) mass is 204 g/mol. The first-order chi connectivity index (χ1) is 2.89. The van der Waals surface area contributed by atoms with E-state index in [4.69, 9.17) is 0 Å². The normalized spacial score (nSPS) is 14.8. The first-order valence-corrected chi connectivity index (χ1v) is 2.48. The zero-order valence-corrected chi connectivity index (χ0v) is 8.20. The topological polar surface area (TPSA) is 29.4 Å². The zero-order valence-electron chi connectivity index (χ0n) is 4.55. The summed E-state index contributed by atoms with van der Waals surface area (Å²) in [5.41, 5.74) is 2.46. The summed E-state index contributed by atoms with van der Waals surface area (Å²) in [5.74, 6) is 0.417. The predicted molar refractivity (Wildman–Crippen MR) is 31.3 cm³/mol. The number of carbonyl (C=O) groups excluding carboxylic acids is 1. The Kier molecular flexibility index (Phi) is 8.57. The van der Waals surface area contributed by atoms with Crippen molar-refractivity contribution < 1.29 is 37.5 Å². The number of amides is 1. The van der Waals surface area contributed by atoms with Crippen LogP contribution in [0.4, 0.5) is 0 Å². The van der Waals surface area contributed by atoms with E-state index in [0.29, 0.717) is 5.75 Å². The minimum Gasteiger partial charge on any atom is -0.414 e. The van der Waals surface area contributed by atoms with E-state index in [1.54, 1.807) is 0 Å². The Labute approximate surface area is 78.4 Å². The summed E-state index contributed by atoms with van der Waals surface area (Å²) < 4.78 is 0. The van der Waals surface area contributed by atoms with E-state index >= 15 is 0 Å². The van der Waals surface area contributed by atoms with Crippen molar-refractivity contribution in [2.24, 2.45) is 4.99 Å². The van der Waals surface area contributed by atoms with Gasteiger partial charge in [-0.2, -0.15) is 0 Å². The van der Waals surface area contributed by atoms with Gasteiger partial charge in [-0.25, -0.2) is 11.8 Å². The van der Waals surface area contributed by atoms with Crippen molar-refractivity contribution in [3.63, 3.8) is 0 Å².